The Balaban J connectivity index is 1.57. The number of benzene rings is 1. The minimum Gasteiger partial charge on any atom is -0.453 e. The number of hydrogen-bond donors (Lipinski definition) is 2. The van der Waals surface area contributed by atoms with E-state index in [1.54, 1.807) is 0 Å². The number of hydrogen-bond acceptors (Lipinski definition) is 6. The molecule has 3 rings (SSSR count). The van der Waals surface area contributed by atoms with Crippen LogP contribution in [0.4, 0.5) is 4.79 Å². The molecule has 0 aliphatic carbocycles. The molecule has 0 radical (unpaired) electrons. The van der Waals surface area contributed by atoms with Crippen molar-refractivity contribution in [3.8, 4) is 0 Å². The van der Waals surface area contributed by atoms with Gasteiger partial charge in [0.25, 0.3) is 0 Å². The Kier molecular flexibility index (Phi) is 10.5. The maximum Gasteiger partial charge on any atom is 0.406 e. The number of rotatable bonds is 10. The van der Waals surface area contributed by atoms with Crippen molar-refractivity contribution in [2.45, 2.75) is 44.2 Å². The molecule has 2 aliphatic rings. The average molecular weight is 468 g/mol. The molecule has 1 aromatic carbocycles. The lowest BCUT2D eigenvalue weighted by molar-refractivity contribution is -0.0159. The zero-order chi connectivity index (χ0) is 22.8. The lowest BCUT2D eigenvalue weighted by Gasteiger charge is -2.38. The molecule has 2 heterocycles. The van der Waals surface area contributed by atoms with Gasteiger partial charge in [0.05, 0.1) is 19.8 Å². The Hall–Kier alpha value is -1.38. The Morgan fingerprint density at radius 2 is 2.25 bits per heavy atom. The molecule has 32 heavy (non-hydrogen) atoms. The minimum absolute atomic E-state index is 0.0843. The fraction of sp³-hybridized carbons (Fsp3) is 0.708. The summed E-state index contributed by atoms with van der Waals surface area (Å²) in [4.78, 5) is 13.8. The molecule has 1 aromatic rings. The summed E-state index contributed by atoms with van der Waals surface area (Å²) >= 11 is 6.27. The predicted octanol–water partition coefficient (Wildman–Crippen LogP) is 3.61. The maximum absolute atomic E-state index is 11.3. The van der Waals surface area contributed by atoms with E-state index >= 15 is 0 Å². The summed E-state index contributed by atoms with van der Waals surface area (Å²) < 4.78 is 16.5. The van der Waals surface area contributed by atoms with Crippen LogP contribution in [0.15, 0.2) is 24.3 Å². The average Bonchev–Trinajstić information content (AvgIpc) is 2.79. The van der Waals surface area contributed by atoms with Gasteiger partial charge in [0.2, 0.25) is 0 Å². The molecule has 2 fully saturated rings. The number of halogens is 1. The first-order chi connectivity index (χ1) is 15.5. The molecule has 2 saturated heterocycles. The van der Waals surface area contributed by atoms with Gasteiger partial charge in [0, 0.05) is 49.8 Å². The van der Waals surface area contributed by atoms with Gasteiger partial charge < -0.3 is 30.2 Å². The summed E-state index contributed by atoms with van der Waals surface area (Å²) in [5, 5.41) is 3.38. The molecule has 0 saturated carbocycles. The number of nitrogens with one attached hydrogen (secondary N) is 1. The highest BCUT2D eigenvalue weighted by molar-refractivity contribution is 6.30. The number of carbonyl (C=O) groups is 1. The van der Waals surface area contributed by atoms with E-state index < -0.39 is 6.09 Å². The summed E-state index contributed by atoms with van der Waals surface area (Å²) in [6.45, 7) is 5.45. The molecular weight excluding hydrogens is 430 g/mol. The Labute approximate surface area is 196 Å². The summed E-state index contributed by atoms with van der Waals surface area (Å²) in [7, 11) is 1.35. The molecule has 2 aliphatic heterocycles. The van der Waals surface area contributed by atoms with Crippen molar-refractivity contribution in [2.24, 2.45) is 17.6 Å². The van der Waals surface area contributed by atoms with Crippen LogP contribution in [0.5, 0.6) is 0 Å². The Bertz CT molecular complexity index is 702. The molecule has 0 bridgehead atoms. The number of nitrogens with zero attached hydrogens (tertiary/aromatic N) is 1. The normalized spacial score (nSPS) is 24.0. The molecular formula is C24H38ClN3O4. The summed E-state index contributed by atoms with van der Waals surface area (Å²) in [6.07, 6.45) is 5.06. The van der Waals surface area contributed by atoms with Gasteiger partial charge in [-0.25, -0.2) is 4.79 Å². The summed E-state index contributed by atoms with van der Waals surface area (Å²) in [5.74, 6) is 0.926. The lowest BCUT2D eigenvalue weighted by Crippen LogP contribution is -2.45. The molecule has 180 valence electrons. The highest BCUT2D eigenvalue weighted by Gasteiger charge is 2.30. The van der Waals surface area contributed by atoms with E-state index in [9.17, 15) is 4.79 Å². The zero-order valence-corrected chi connectivity index (χ0v) is 19.9. The summed E-state index contributed by atoms with van der Waals surface area (Å²) in [5.41, 5.74) is 7.60. The van der Waals surface area contributed by atoms with Crippen LogP contribution >= 0.6 is 11.6 Å². The van der Waals surface area contributed by atoms with Crippen LogP contribution in [0.2, 0.25) is 5.02 Å². The molecule has 7 nitrogen and oxygen atoms in total. The monoisotopic (exact) mass is 467 g/mol. The molecule has 0 spiro atoms. The Morgan fingerprint density at radius 3 is 3.00 bits per heavy atom. The molecule has 4 atom stereocenters. The van der Waals surface area contributed by atoms with E-state index in [1.165, 1.54) is 13.5 Å². The highest BCUT2D eigenvalue weighted by Crippen LogP contribution is 2.34. The largest absolute Gasteiger partial charge is 0.453 e. The third kappa shape index (κ3) is 8.19. The number of ether oxygens (including phenoxy) is 3. The standard InChI is InChI=1S/C24H38ClN3O4/c1-30-24(29)27-9-12-32-23(19-6-2-8-21(25)14-19)20-7-3-10-28(15-20)16-22(26)13-18-5-4-11-31-17-18/h2,6,8,14,18,20,22-23H,3-5,7,9-13,15-17,26H2,1H3,(H,27,29)/t18-,20-,22+,23+/m1/s1. The molecule has 8 heteroatoms. The highest BCUT2D eigenvalue weighted by atomic mass is 35.5. The van der Waals surface area contributed by atoms with Crippen molar-refractivity contribution in [1.82, 2.24) is 10.2 Å². The lowest BCUT2D eigenvalue weighted by atomic mass is 9.87. The van der Waals surface area contributed by atoms with Crippen LogP contribution in [0, 0.1) is 11.8 Å². The third-order valence-corrected chi connectivity index (χ3v) is 6.62. The third-order valence-electron chi connectivity index (χ3n) is 6.38. The summed E-state index contributed by atoms with van der Waals surface area (Å²) in [6, 6.07) is 8.05. The van der Waals surface area contributed by atoms with Gasteiger partial charge in [0.1, 0.15) is 0 Å². The van der Waals surface area contributed by atoms with Crippen LogP contribution in [0.3, 0.4) is 0 Å². The first kappa shape index (κ1) is 25.2. The van der Waals surface area contributed by atoms with E-state index in [0.717, 1.165) is 64.1 Å². The van der Waals surface area contributed by atoms with Crippen LogP contribution in [-0.2, 0) is 14.2 Å². The number of methoxy groups -OCH3 is 1. The second kappa shape index (κ2) is 13.4. The molecule has 1 amide bonds. The van der Waals surface area contributed by atoms with Gasteiger partial charge in [-0.2, -0.15) is 0 Å². The molecule has 0 unspecified atom stereocenters. The number of alkyl carbamates (subject to hydrolysis) is 1. The van der Waals surface area contributed by atoms with Crippen molar-refractivity contribution >= 4 is 17.7 Å². The van der Waals surface area contributed by atoms with E-state index in [2.05, 4.69) is 21.0 Å². The SMILES string of the molecule is COC(=O)NCCO[C@@H](c1cccc(Cl)c1)[C@@H]1CCCN(C[C@@H](N)C[C@H]2CCCOC2)C1. The fourth-order valence-electron chi connectivity index (χ4n) is 4.93. The van der Waals surface area contributed by atoms with Gasteiger partial charge in [-0.1, -0.05) is 23.7 Å². The van der Waals surface area contributed by atoms with Gasteiger partial charge in [-0.05, 0) is 62.3 Å². The molecule has 3 N–H and O–H groups in total. The van der Waals surface area contributed by atoms with Crippen molar-refractivity contribution < 1.29 is 19.0 Å². The van der Waals surface area contributed by atoms with Gasteiger partial charge in [-0.3, -0.25) is 0 Å². The predicted molar refractivity (Wildman–Crippen MR) is 126 cm³/mol. The number of piperidine rings is 1. The first-order valence-corrected chi connectivity index (χ1v) is 12.2. The quantitative estimate of drug-likeness (QED) is 0.511. The second-order valence-electron chi connectivity index (χ2n) is 9.01. The zero-order valence-electron chi connectivity index (χ0n) is 19.1. The van der Waals surface area contributed by atoms with Gasteiger partial charge >= 0.3 is 6.09 Å². The second-order valence-corrected chi connectivity index (χ2v) is 9.44. The van der Waals surface area contributed by atoms with Crippen LogP contribution in [-0.4, -0.2) is 70.1 Å². The number of nitrogens with two attached hydrogens (primary N) is 1. The van der Waals surface area contributed by atoms with Crippen LogP contribution < -0.4 is 11.1 Å². The van der Waals surface area contributed by atoms with Crippen molar-refractivity contribution in [1.29, 1.82) is 0 Å². The van der Waals surface area contributed by atoms with Crippen molar-refractivity contribution in [2.75, 3.05) is 53.1 Å². The van der Waals surface area contributed by atoms with Gasteiger partial charge in [0.15, 0.2) is 0 Å². The topological polar surface area (TPSA) is 86.1 Å². The van der Waals surface area contributed by atoms with E-state index in [-0.39, 0.29) is 12.1 Å². The van der Waals surface area contributed by atoms with Crippen molar-refractivity contribution in [3.63, 3.8) is 0 Å². The van der Waals surface area contributed by atoms with E-state index in [4.69, 9.17) is 26.8 Å². The smallest absolute Gasteiger partial charge is 0.406 e. The fourth-order valence-corrected chi connectivity index (χ4v) is 5.13. The number of likely N-dealkylation sites (tertiary alicyclic amines) is 1. The van der Waals surface area contributed by atoms with Crippen LogP contribution in [0.25, 0.3) is 0 Å². The maximum atomic E-state index is 11.3. The Morgan fingerprint density at radius 1 is 1.38 bits per heavy atom. The van der Waals surface area contributed by atoms with Crippen LogP contribution in [0.1, 0.15) is 43.8 Å². The van der Waals surface area contributed by atoms with E-state index in [1.807, 2.05) is 18.2 Å². The number of amides is 1. The number of carbonyl (C=O) groups excluding carboxylic acids is 1. The van der Waals surface area contributed by atoms with Gasteiger partial charge in [-0.15, -0.1) is 0 Å². The minimum atomic E-state index is -0.450. The van der Waals surface area contributed by atoms with Crippen molar-refractivity contribution in [3.05, 3.63) is 34.9 Å². The first-order valence-electron chi connectivity index (χ1n) is 11.8. The molecule has 0 aromatic heterocycles. The van der Waals surface area contributed by atoms with E-state index in [0.29, 0.717) is 30.0 Å².